The van der Waals surface area contributed by atoms with Gasteiger partial charge in [0.15, 0.2) is 11.6 Å². The van der Waals surface area contributed by atoms with E-state index in [0.717, 1.165) is 34.5 Å². The number of rotatable bonds is 6. The second-order valence-corrected chi connectivity index (χ2v) is 5.77. The van der Waals surface area contributed by atoms with E-state index in [9.17, 15) is 0 Å². The van der Waals surface area contributed by atoms with Gasteiger partial charge in [0.1, 0.15) is 22.9 Å². The van der Waals surface area contributed by atoms with Crippen molar-refractivity contribution in [2.75, 3.05) is 23.9 Å². The molecule has 0 aromatic carbocycles. The van der Waals surface area contributed by atoms with Crippen molar-refractivity contribution in [3.8, 4) is 0 Å². The van der Waals surface area contributed by atoms with E-state index in [1.54, 1.807) is 12.4 Å². The van der Waals surface area contributed by atoms with Gasteiger partial charge in [-0.1, -0.05) is 10.3 Å². The van der Waals surface area contributed by atoms with E-state index in [1.165, 1.54) is 0 Å². The lowest BCUT2D eigenvalue weighted by molar-refractivity contribution is 0.390. The molecule has 8 heteroatoms. The fourth-order valence-corrected chi connectivity index (χ4v) is 2.48. The average molecular weight is 328 g/mol. The minimum Gasteiger partial charge on any atom is -0.361 e. The van der Waals surface area contributed by atoms with Crippen LogP contribution in [0.4, 0.5) is 11.6 Å². The van der Waals surface area contributed by atoms with Crippen molar-refractivity contribution < 1.29 is 9.05 Å². The SMILES string of the molecule is Cc1cc(CN(C)c2nccnc2N(C)Cc2cc(C)on2)no1. The third-order valence-corrected chi connectivity index (χ3v) is 3.54. The van der Waals surface area contributed by atoms with E-state index in [-0.39, 0.29) is 0 Å². The van der Waals surface area contributed by atoms with Gasteiger partial charge in [0.25, 0.3) is 0 Å². The number of aryl methyl sites for hydroxylation is 2. The van der Waals surface area contributed by atoms with Crippen molar-refractivity contribution in [2.24, 2.45) is 0 Å². The first-order valence-corrected chi connectivity index (χ1v) is 7.60. The zero-order valence-electron chi connectivity index (χ0n) is 14.2. The van der Waals surface area contributed by atoms with Crippen LogP contribution in [0.1, 0.15) is 22.9 Å². The highest BCUT2D eigenvalue weighted by molar-refractivity contribution is 5.61. The van der Waals surface area contributed by atoms with Gasteiger partial charge < -0.3 is 18.8 Å². The summed E-state index contributed by atoms with van der Waals surface area (Å²) in [5.41, 5.74) is 1.70. The molecule has 0 saturated heterocycles. The van der Waals surface area contributed by atoms with Crippen molar-refractivity contribution in [2.45, 2.75) is 26.9 Å². The van der Waals surface area contributed by atoms with Crippen molar-refractivity contribution in [1.82, 2.24) is 20.3 Å². The topological polar surface area (TPSA) is 84.3 Å². The zero-order chi connectivity index (χ0) is 17.1. The van der Waals surface area contributed by atoms with E-state index < -0.39 is 0 Å². The predicted molar refractivity (Wildman–Crippen MR) is 88.7 cm³/mol. The summed E-state index contributed by atoms with van der Waals surface area (Å²) in [7, 11) is 3.90. The fourth-order valence-electron chi connectivity index (χ4n) is 2.48. The van der Waals surface area contributed by atoms with Gasteiger partial charge in [0, 0.05) is 38.6 Å². The van der Waals surface area contributed by atoms with E-state index in [1.807, 2.05) is 49.9 Å². The van der Waals surface area contributed by atoms with Crippen LogP contribution < -0.4 is 9.80 Å². The Kier molecular flexibility index (Phi) is 4.45. The predicted octanol–water partition coefficient (Wildman–Crippen LogP) is 2.34. The Morgan fingerprint density at radius 2 is 1.21 bits per heavy atom. The summed E-state index contributed by atoms with van der Waals surface area (Å²) in [5.74, 6) is 3.11. The summed E-state index contributed by atoms with van der Waals surface area (Å²) in [5, 5.41) is 8.05. The first-order valence-electron chi connectivity index (χ1n) is 7.60. The summed E-state index contributed by atoms with van der Waals surface area (Å²) < 4.78 is 10.2. The first kappa shape index (κ1) is 16.0. The molecule has 0 aliphatic carbocycles. The van der Waals surface area contributed by atoms with Crippen LogP contribution in [0.3, 0.4) is 0 Å². The molecule has 0 spiro atoms. The maximum absolute atomic E-state index is 5.12. The standard InChI is InChI=1S/C16H20N6O2/c1-11-7-13(19-23-11)9-21(3)15-16(18-6-5-17-15)22(4)10-14-8-12(2)24-20-14/h5-8H,9-10H2,1-4H3. The Hall–Kier alpha value is -2.90. The lowest BCUT2D eigenvalue weighted by Gasteiger charge is -2.24. The molecule has 3 rings (SSSR count). The van der Waals surface area contributed by atoms with Gasteiger partial charge >= 0.3 is 0 Å². The summed E-state index contributed by atoms with van der Waals surface area (Å²) >= 11 is 0. The molecule has 0 amide bonds. The molecule has 0 aliphatic heterocycles. The van der Waals surface area contributed by atoms with Crippen LogP contribution in [0.25, 0.3) is 0 Å². The van der Waals surface area contributed by atoms with E-state index in [0.29, 0.717) is 13.1 Å². The highest BCUT2D eigenvalue weighted by Gasteiger charge is 2.17. The van der Waals surface area contributed by atoms with E-state index in [4.69, 9.17) is 9.05 Å². The molecule has 3 aromatic heterocycles. The van der Waals surface area contributed by atoms with E-state index in [2.05, 4.69) is 20.3 Å². The number of hydrogen-bond donors (Lipinski definition) is 0. The maximum atomic E-state index is 5.12. The third-order valence-electron chi connectivity index (χ3n) is 3.54. The Labute approximate surface area is 140 Å². The van der Waals surface area contributed by atoms with Crippen LogP contribution in [-0.4, -0.2) is 34.4 Å². The van der Waals surface area contributed by atoms with Crippen molar-refractivity contribution in [3.63, 3.8) is 0 Å². The minimum absolute atomic E-state index is 0.583. The minimum atomic E-state index is 0.583. The number of anilines is 2. The highest BCUT2D eigenvalue weighted by Crippen LogP contribution is 2.24. The second kappa shape index (κ2) is 6.69. The summed E-state index contributed by atoms with van der Waals surface area (Å²) in [6.07, 6.45) is 3.36. The van der Waals surface area contributed by atoms with Crippen LogP contribution in [0.15, 0.2) is 33.6 Å². The van der Waals surface area contributed by atoms with Crippen LogP contribution in [0.2, 0.25) is 0 Å². The quantitative estimate of drug-likeness (QED) is 0.682. The van der Waals surface area contributed by atoms with Gasteiger partial charge in [-0.2, -0.15) is 0 Å². The van der Waals surface area contributed by atoms with E-state index >= 15 is 0 Å². The molecule has 24 heavy (non-hydrogen) atoms. The lowest BCUT2D eigenvalue weighted by Crippen LogP contribution is -2.25. The third kappa shape index (κ3) is 3.53. The molecule has 0 bridgehead atoms. The monoisotopic (exact) mass is 328 g/mol. The van der Waals surface area contributed by atoms with Crippen LogP contribution >= 0.6 is 0 Å². The first-order chi connectivity index (χ1) is 11.5. The van der Waals surface area contributed by atoms with Crippen LogP contribution in [0, 0.1) is 13.8 Å². The molecule has 0 unspecified atom stereocenters. The second-order valence-electron chi connectivity index (χ2n) is 5.77. The summed E-state index contributed by atoms with van der Waals surface area (Å²) in [6.45, 7) is 4.91. The number of nitrogens with zero attached hydrogens (tertiary/aromatic N) is 6. The van der Waals surface area contributed by atoms with Gasteiger partial charge in [-0.3, -0.25) is 0 Å². The van der Waals surface area contributed by atoms with Gasteiger partial charge in [-0.15, -0.1) is 0 Å². The molecule has 0 radical (unpaired) electrons. The lowest BCUT2D eigenvalue weighted by atomic mass is 10.3. The molecule has 0 saturated carbocycles. The molecule has 0 N–H and O–H groups in total. The van der Waals surface area contributed by atoms with Gasteiger partial charge in [0.2, 0.25) is 0 Å². The van der Waals surface area contributed by atoms with Crippen molar-refractivity contribution in [1.29, 1.82) is 0 Å². The maximum Gasteiger partial charge on any atom is 0.172 e. The Bertz CT molecular complexity index is 745. The summed E-state index contributed by atoms with van der Waals surface area (Å²) in [4.78, 5) is 12.9. The zero-order valence-corrected chi connectivity index (χ0v) is 14.2. The molecule has 3 heterocycles. The molecule has 0 atom stereocenters. The van der Waals surface area contributed by atoms with Gasteiger partial charge in [0.05, 0.1) is 13.1 Å². The molecule has 0 aliphatic rings. The Balaban J connectivity index is 1.78. The molecule has 8 nitrogen and oxygen atoms in total. The normalized spacial score (nSPS) is 10.8. The number of hydrogen-bond acceptors (Lipinski definition) is 8. The Morgan fingerprint density at radius 1 is 0.792 bits per heavy atom. The fraction of sp³-hybridized carbons (Fsp3) is 0.375. The van der Waals surface area contributed by atoms with Gasteiger partial charge in [-0.05, 0) is 13.8 Å². The van der Waals surface area contributed by atoms with Gasteiger partial charge in [-0.25, -0.2) is 9.97 Å². The number of aromatic nitrogens is 4. The van der Waals surface area contributed by atoms with Crippen molar-refractivity contribution >= 4 is 11.6 Å². The Morgan fingerprint density at radius 3 is 1.54 bits per heavy atom. The molecular weight excluding hydrogens is 308 g/mol. The molecule has 126 valence electrons. The smallest absolute Gasteiger partial charge is 0.172 e. The summed E-state index contributed by atoms with van der Waals surface area (Å²) in [6, 6.07) is 3.82. The van der Waals surface area contributed by atoms with Crippen molar-refractivity contribution in [3.05, 3.63) is 47.4 Å². The molecule has 0 fully saturated rings. The largest absolute Gasteiger partial charge is 0.361 e. The van der Waals surface area contributed by atoms with Crippen LogP contribution in [-0.2, 0) is 13.1 Å². The highest BCUT2D eigenvalue weighted by atomic mass is 16.5. The molecule has 3 aromatic rings. The molecular formula is C16H20N6O2. The average Bonchev–Trinajstić information content (AvgIpc) is 3.15. The van der Waals surface area contributed by atoms with Crippen LogP contribution in [0.5, 0.6) is 0 Å².